The molecule has 0 radical (unpaired) electrons. The zero-order valence-corrected chi connectivity index (χ0v) is 12.3. The van der Waals surface area contributed by atoms with Gasteiger partial charge in [-0.05, 0) is 31.9 Å². The van der Waals surface area contributed by atoms with E-state index in [-0.39, 0.29) is 0 Å². The number of nitrogens with zero attached hydrogens (tertiary/aromatic N) is 1. The van der Waals surface area contributed by atoms with Gasteiger partial charge in [-0.15, -0.1) is 0 Å². The molecular weight excluding hydrogens is 248 g/mol. The Balaban J connectivity index is 2.99. The van der Waals surface area contributed by atoms with Gasteiger partial charge in [-0.2, -0.15) is 0 Å². The van der Waals surface area contributed by atoms with Crippen LogP contribution in [0.25, 0.3) is 0 Å². The normalized spacial score (nSPS) is 13.0. The SMILES string of the molecule is CN(Cc1ccccc1CN)S(=O)(=O)C(C)(C)C. The predicted octanol–water partition coefficient (Wildman–Crippen LogP) is 1.71. The Bertz CT molecular complexity index is 504. The van der Waals surface area contributed by atoms with Crippen LogP contribution in [0.2, 0.25) is 0 Å². The number of hydrogen-bond acceptors (Lipinski definition) is 3. The molecule has 4 nitrogen and oxygen atoms in total. The molecule has 0 aliphatic rings. The molecule has 18 heavy (non-hydrogen) atoms. The van der Waals surface area contributed by atoms with E-state index >= 15 is 0 Å². The maximum atomic E-state index is 12.3. The van der Waals surface area contributed by atoms with Crippen LogP contribution in [0.3, 0.4) is 0 Å². The van der Waals surface area contributed by atoms with Crippen LogP contribution in [-0.2, 0) is 23.1 Å². The maximum Gasteiger partial charge on any atom is 0.219 e. The zero-order chi connectivity index (χ0) is 14.0. The third kappa shape index (κ3) is 3.10. The highest BCUT2D eigenvalue weighted by atomic mass is 32.2. The van der Waals surface area contributed by atoms with Crippen molar-refractivity contribution in [1.82, 2.24) is 4.31 Å². The van der Waals surface area contributed by atoms with Gasteiger partial charge < -0.3 is 5.73 Å². The number of nitrogens with two attached hydrogens (primary N) is 1. The highest BCUT2D eigenvalue weighted by Gasteiger charge is 2.33. The second kappa shape index (κ2) is 5.38. The van der Waals surface area contributed by atoms with Crippen LogP contribution in [0.4, 0.5) is 0 Å². The molecule has 0 atom stereocenters. The van der Waals surface area contributed by atoms with Gasteiger partial charge in [0.1, 0.15) is 0 Å². The first kappa shape index (κ1) is 15.1. The number of sulfonamides is 1. The van der Waals surface area contributed by atoms with Gasteiger partial charge >= 0.3 is 0 Å². The van der Waals surface area contributed by atoms with Gasteiger partial charge in [-0.1, -0.05) is 24.3 Å². The summed E-state index contributed by atoms with van der Waals surface area (Å²) >= 11 is 0. The lowest BCUT2D eigenvalue weighted by molar-refractivity contribution is 0.440. The smallest absolute Gasteiger partial charge is 0.219 e. The number of hydrogen-bond donors (Lipinski definition) is 1. The summed E-state index contributed by atoms with van der Waals surface area (Å²) in [6, 6.07) is 7.64. The Morgan fingerprint density at radius 1 is 1.17 bits per heavy atom. The van der Waals surface area contributed by atoms with Crippen molar-refractivity contribution >= 4 is 10.0 Å². The minimum absolute atomic E-state index is 0.354. The molecule has 0 heterocycles. The van der Waals surface area contributed by atoms with Gasteiger partial charge in [0, 0.05) is 20.1 Å². The van der Waals surface area contributed by atoms with Crippen LogP contribution in [0.15, 0.2) is 24.3 Å². The lowest BCUT2D eigenvalue weighted by atomic mass is 10.1. The molecule has 0 saturated heterocycles. The van der Waals surface area contributed by atoms with Gasteiger partial charge in [0.2, 0.25) is 10.0 Å². The average Bonchev–Trinajstić information content (AvgIpc) is 2.28. The van der Waals surface area contributed by atoms with Crippen molar-refractivity contribution in [2.45, 2.75) is 38.6 Å². The van der Waals surface area contributed by atoms with Crippen molar-refractivity contribution in [2.24, 2.45) is 5.73 Å². The van der Waals surface area contributed by atoms with Gasteiger partial charge in [0.25, 0.3) is 0 Å². The summed E-state index contributed by atoms with van der Waals surface area (Å²) in [4.78, 5) is 0. The molecule has 2 N–H and O–H groups in total. The molecule has 1 aromatic rings. The van der Waals surface area contributed by atoms with Gasteiger partial charge in [0.05, 0.1) is 4.75 Å². The molecule has 0 saturated carbocycles. The first-order chi connectivity index (χ1) is 8.20. The second-order valence-electron chi connectivity index (χ2n) is 5.35. The summed E-state index contributed by atoms with van der Waals surface area (Å²) < 4.78 is 25.1. The van der Waals surface area contributed by atoms with Crippen LogP contribution in [-0.4, -0.2) is 24.5 Å². The van der Waals surface area contributed by atoms with E-state index in [1.54, 1.807) is 27.8 Å². The van der Waals surface area contributed by atoms with E-state index in [0.717, 1.165) is 11.1 Å². The van der Waals surface area contributed by atoms with E-state index in [1.807, 2.05) is 24.3 Å². The van der Waals surface area contributed by atoms with Gasteiger partial charge in [-0.3, -0.25) is 0 Å². The molecule has 0 aromatic heterocycles. The van der Waals surface area contributed by atoms with Crippen molar-refractivity contribution in [3.63, 3.8) is 0 Å². The molecule has 0 aliphatic carbocycles. The fraction of sp³-hybridized carbons (Fsp3) is 0.538. The molecule has 0 bridgehead atoms. The lowest BCUT2D eigenvalue weighted by Crippen LogP contribution is -2.40. The third-order valence-electron chi connectivity index (χ3n) is 2.92. The molecule has 0 spiro atoms. The Morgan fingerprint density at radius 3 is 2.11 bits per heavy atom. The fourth-order valence-corrected chi connectivity index (χ4v) is 2.95. The monoisotopic (exact) mass is 270 g/mol. The number of benzene rings is 1. The van der Waals surface area contributed by atoms with E-state index < -0.39 is 14.8 Å². The van der Waals surface area contributed by atoms with Gasteiger partial charge in [-0.25, -0.2) is 12.7 Å². The molecule has 5 heteroatoms. The Kier molecular flexibility index (Phi) is 4.53. The first-order valence-corrected chi connectivity index (χ1v) is 7.37. The maximum absolute atomic E-state index is 12.3. The molecule has 1 rings (SSSR count). The second-order valence-corrected chi connectivity index (χ2v) is 8.14. The number of rotatable bonds is 4. The Labute approximate surface area is 110 Å². The molecular formula is C13H22N2O2S. The minimum Gasteiger partial charge on any atom is -0.326 e. The Hall–Kier alpha value is -0.910. The van der Waals surface area contributed by atoms with Crippen molar-refractivity contribution in [3.8, 4) is 0 Å². The van der Waals surface area contributed by atoms with E-state index in [4.69, 9.17) is 5.73 Å². The van der Waals surface area contributed by atoms with Crippen LogP contribution >= 0.6 is 0 Å². The quantitative estimate of drug-likeness (QED) is 0.906. The van der Waals surface area contributed by atoms with Crippen LogP contribution < -0.4 is 5.73 Å². The molecule has 0 unspecified atom stereocenters. The largest absolute Gasteiger partial charge is 0.326 e. The van der Waals surface area contributed by atoms with Crippen molar-refractivity contribution in [2.75, 3.05) is 7.05 Å². The molecule has 102 valence electrons. The third-order valence-corrected chi connectivity index (χ3v) is 5.41. The zero-order valence-electron chi connectivity index (χ0n) is 11.5. The summed E-state index contributed by atoms with van der Waals surface area (Å²) in [6.07, 6.45) is 0. The fourth-order valence-electron chi connectivity index (χ4n) is 1.70. The van der Waals surface area contributed by atoms with E-state index in [9.17, 15) is 8.42 Å². The van der Waals surface area contributed by atoms with Crippen molar-refractivity contribution in [3.05, 3.63) is 35.4 Å². The topological polar surface area (TPSA) is 63.4 Å². The molecule has 0 fully saturated rings. The van der Waals surface area contributed by atoms with Crippen LogP contribution in [0, 0.1) is 0 Å². The molecule has 1 aromatic carbocycles. The molecule has 0 amide bonds. The standard InChI is InChI=1S/C13H22N2O2S/c1-13(2,3)18(16,17)15(4)10-12-8-6-5-7-11(12)9-14/h5-8H,9-10,14H2,1-4H3. The summed E-state index contributed by atoms with van der Waals surface area (Å²) in [5.41, 5.74) is 7.59. The lowest BCUT2D eigenvalue weighted by Gasteiger charge is -2.27. The van der Waals surface area contributed by atoms with Crippen molar-refractivity contribution < 1.29 is 8.42 Å². The summed E-state index contributed by atoms with van der Waals surface area (Å²) in [5, 5.41) is 0. The van der Waals surface area contributed by atoms with E-state index in [1.165, 1.54) is 4.31 Å². The summed E-state index contributed by atoms with van der Waals surface area (Å²) in [6.45, 7) is 5.88. The highest BCUT2D eigenvalue weighted by molar-refractivity contribution is 7.90. The first-order valence-electron chi connectivity index (χ1n) is 5.93. The van der Waals surface area contributed by atoms with Crippen LogP contribution in [0.1, 0.15) is 31.9 Å². The summed E-state index contributed by atoms with van der Waals surface area (Å²) in [7, 11) is -1.70. The van der Waals surface area contributed by atoms with E-state index in [2.05, 4.69) is 0 Å². The van der Waals surface area contributed by atoms with Gasteiger partial charge in [0.15, 0.2) is 0 Å². The predicted molar refractivity (Wildman–Crippen MR) is 74.5 cm³/mol. The highest BCUT2D eigenvalue weighted by Crippen LogP contribution is 2.21. The molecule has 0 aliphatic heterocycles. The summed E-state index contributed by atoms with van der Waals surface area (Å²) in [5.74, 6) is 0. The average molecular weight is 270 g/mol. The Morgan fingerprint density at radius 2 is 1.67 bits per heavy atom. The minimum atomic E-state index is -3.31. The van der Waals surface area contributed by atoms with E-state index in [0.29, 0.717) is 13.1 Å². The van der Waals surface area contributed by atoms with Crippen LogP contribution in [0.5, 0.6) is 0 Å². The van der Waals surface area contributed by atoms with Crippen molar-refractivity contribution in [1.29, 1.82) is 0 Å².